The van der Waals surface area contributed by atoms with Gasteiger partial charge < -0.3 is 5.11 Å². The van der Waals surface area contributed by atoms with Crippen LogP contribution in [0, 0.1) is 19.8 Å². The Bertz CT molecular complexity index is 523. The number of hydrogen-bond acceptors (Lipinski definition) is 4. The molecule has 7 heteroatoms. The zero-order valence-corrected chi connectivity index (χ0v) is 12.8. The van der Waals surface area contributed by atoms with E-state index in [1.165, 1.54) is 0 Å². The van der Waals surface area contributed by atoms with Crippen LogP contribution in [0.3, 0.4) is 0 Å². The van der Waals surface area contributed by atoms with Crippen molar-refractivity contribution in [3.05, 3.63) is 11.4 Å². The van der Waals surface area contributed by atoms with Crippen molar-refractivity contribution in [3.8, 4) is 0 Å². The van der Waals surface area contributed by atoms with Crippen molar-refractivity contribution in [2.24, 2.45) is 13.0 Å². The maximum absolute atomic E-state index is 12.3. The smallest absolute Gasteiger partial charge is 0.244 e. The highest BCUT2D eigenvalue weighted by atomic mass is 32.2. The minimum Gasteiger partial charge on any atom is -0.396 e. The third-order valence-corrected chi connectivity index (χ3v) is 5.06. The molecule has 2 N–H and O–H groups in total. The van der Waals surface area contributed by atoms with E-state index in [1.807, 2.05) is 6.92 Å². The maximum Gasteiger partial charge on any atom is 0.244 e. The Hall–Kier alpha value is -0.920. The molecule has 1 heterocycles. The summed E-state index contributed by atoms with van der Waals surface area (Å²) in [5.74, 6) is 0.150. The summed E-state index contributed by atoms with van der Waals surface area (Å²) in [6, 6.07) is 0. The monoisotopic (exact) mass is 289 g/mol. The molecule has 0 aromatic carbocycles. The summed E-state index contributed by atoms with van der Waals surface area (Å²) >= 11 is 0. The third kappa shape index (κ3) is 3.77. The van der Waals surface area contributed by atoms with Crippen molar-refractivity contribution in [1.82, 2.24) is 14.5 Å². The van der Waals surface area contributed by atoms with Gasteiger partial charge in [0.15, 0.2) is 0 Å². The Labute approximate surface area is 114 Å². The molecule has 1 aromatic heterocycles. The van der Waals surface area contributed by atoms with E-state index in [0.717, 1.165) is 6.42 Å². The number of nitrogens with one attached hydrogen (secondary N) is 1. The van der Waals surface area contributed by atoms with Gasteiger partial charge in [0.1, 0.15) is 4.90 Å². The number of sulfonamides is 1. The van der Waals surface area contributed by atoms with Crippen LogP contribution in [0.1, 0.15) is 31.2 Å². The minimum atomic E-state index is -3.54. The Morgan fingerprint density at radius 2 is 2.05 bits per heavy atom. The van der Waals surface area contributed by atoms with Gasteiger partial charge in [-0.15, -0.1) is 0 Å². The molecule has 6 nitrogen and oxygen atoms in total. The lowest BCUT2D eigenvalue weighted by Crippen LogP contribution is -2.30. The average molecular weight is 289 g/mol. The van der Waals surface area contributed by atoms with Gasteiger partial charge in [-0.05, 0) is 26.2 Å². The largest absolute Gasteiger partial charge is 0.396 e. The molecule has 19 heavy (non-hydrogen) atoms. The van der Waals surface area contributed by atoms with Crippen molar-refractivity contribution >= 4 is 10.0 Å². The van der Waals surface area contributed by atoms with E-state index in [-0.39, 0.29) is 17.4 Å². The molecule has 1 atom stereocenters. The van der Waals surface area contributed by atoms with Crippen molar-refractivity contribution in [2.45, 2.75) is 38.5 Å². The minimum absolute atomic E-state index is 0.0746. The van der Waals surface area contributed by atoms with Crippen molar-refractivity contribution < 1.29 is 13.5 Å². The summed E-state index contributed by atoms with van der Waals surface area (Å²) in [4.78, 5) is 0.258. The summed E-state index contributed by atoms with van der Waals surface area (Å²) in [5, 5.41) is 13.0. The molecular formula is C12H23N3O3S. The van der Waals surface area contributed by atoms with Gasteiger partial charge in [0.25, 0.3) is 0 Å². The van der Waals surface area contributed by atoms with Gasteiger partial charge in [0, 0.05) is 20.2 Å². The van der Waals surface area contributed by atoms with E-state index in [1.54, 1.807) is 25.6 Å². The maximum atomic E-state index is 12.3. The van der Waals surface area contributed by atoms with Gasteiger partial charge in [0.2, 0.25) is 10.0 Å². The number of rotatable bonds is 7. The highest BCUT2D eigenvalue weighted by Crippen LogP contribution is 2.18. The molecule has 1 aromatic rings. The van der Waals surface area contributed by atoms with Gasteiger partial charge in [-0.1, -0.05) is 13.3 Å². The molecular weight excluding hydrogens is 266 g/mol. The zero-order chi connectivity index (χ0) is 14.6. The quantitative estimate of drug-likeness (QED) is 0.775. The highest BCUT2D eigenvalue weighted by molar-refractivity contribution is 7.89. The van der Waals surface area contributed by atoms with Crippen LogP contribution in [0.15, 0.2) is 4.90 Å². The van der Waals surface area contributed by atoms with Crippen LogP contribution in [0.25, 0.3) is 0 Å². The van der Waals surface area contributed by atoms with Crippen molar-refractivity contribution in [2.75, 3.05) is 13.2 Å². The van der Waals surface area contributed by atoms with Crippen LogP contribution in [0.5, 0.6) is 0 Å². The standard InChI is InChI=1S/C12H23N3O3S/c1-5-11(6-7-16)8-13-19(17,18)12-9(2)14-15(4)10(12)3/h11,13,16H,5-8H2,1-4H3. The van der Waals surface area contributed by atoms with E-state index in [0.29, 0.717) is 24.4 Å². The van der Waals surface area contributed by atoms with Crippen LogP contribution in [-0.4, -0.2) is 36.5 Å². The SMILES string of the molecule is CCC(CCO)CNS(=O)(=O)c1c(C)nn(C)c1C. The normalized spacial score (nSPS) is 13.7. The summed E-state index contributed by atoms with van der Waals surface area (Å²) < 4.78 is 28.7. The second-order valence-electron chi connectivity index (χ2n) is 4.76. The summed E-state index contributed by atoms with van der Waals surface area (Å²) in [6.45, 7) is 5.82. The van der Waals surface area contributed by atoms with Crippen LogP contribution >= 0.6 is 0 Å². The topological polar surface area (TPSA) is 84.2 Å². The van der Waals surface area contributed by atoms with E-state index in [2.05, 4.69) is 9.82 Å². The lowest BCUT2D eigenvalue weighted by molar-refractivity contribution is 0.254. The first-order chi connectivity index (χ1) is 8.83. The first-order valence-electron chi connectivity index (χ1n) is 6.44. The van der Waals surface area contributed by atoms with Gasteiger partial charge >= 0.3 is 0 Å². The lowest BCUT2D eigenvalue weighted by atomic mass is 10.0. The van der Waals surface area contributed by atoms with Crippen LogP contribution in [0.4, 0.5) is 0 Å². The van der Waals surface area contributed by atoms with Crippen molar-refractivity contribution in [3.63, 3.8) is 0 Å². The van der Waals surface area contributed by atoms with Gasteiger partial charge in [-0.25, -0.2) is 13.1 Å². The molecule has 1 unspecified atom stereocenters. The molecule has 0 saturated carbocycles. The number of aromatic nitrogens is 2. The third-order valence-electron chi connectivity index (χ3n) is 3.39. The van der Waals surface area contributed by atoms with Gasteiger partial charge in [-0.3, -0.25) is 4.68 Å². The molecule has 0 spiro atoms. The highest BCUT2D eigenvalue weighted by Gasteiger charge is 2.24. The first kappa shape index (κ1) is 16.1. The Kier molecular flexibility index (Phi) is 5.51. The number of aryl methyl sites for hydroxylation is 2. The predicted octanol–water partition coefficient (Wildman–Crippen LogP) is 0.724. The fourth-order valence-corrected chi connectivity index (χ4v) is 3.63. The van der Waals surface area contributed by atoms with Crippen molar-refractivity contribution in [1.29, 1.82) is 0 Å². The van der Waals surface area contributed by atoms with Crippen LogP contribution in [0.2, 0.25) is 0 Å². The van der Waals surface area contributed by atoms with E-state index >= 15 is 0 Å². The van der Waals surface area contributed by atoms with Crippen LogP contribution in [-0.2, 0) is 17.1 Å². The Morgan fingerprint density at radius 3 is 2.47 bits per heavy atom. The van der Waals surface area contributed by atoms with Gasteiger partial charge in [-0.2, -0.15) is 5.10 Å². The number of nitrogens with zero attached hydrogens (tertiary/aromatic N) is 2. The molecule has 0 bridgehead atoms. The number of aliphatic hydroxyl groups excluding tert-OH is 1. The molecule has 0 radical (unpaired) electrons. The summed E-state index contributed by atoms with van der Waals surface area (Å²) in [5.41, 5.74) is 1.13. The van der Waals surface area contributed by atoms with Gasteiger partial charge in [0.05, 0.1) is 11.4 Å². The number of aliphatic hydroxyl groups is 1. The lowest BCUT2D eigenvalue weighted by Gasteiger charge is -2.14. The molecule has 110 valence electrons. The fraction of sp³-hybridized carbons (Fsp3) is 0.750. The Morgan fingerprint density at radius 1 is 1.42 bits per heavy atom. The van der Waals surface area contributed by atoms with E-state index < -0.39 is 10.0 Å². The Balaban J connectivity index is 2.87. The van der Waals surface area contributed by atoms with E-state index in [9.17, 15) is 8.42 Å². The fourth-order valence-electron chi connectivity index (χ4n) is 2.08. The molecule has 0 aliphatic carbocycles. The first-order valence-corrected chi connectivity index (χ1v) is 7.92. The van der Waals surface area contributed by atoms with E-state index in [4.69, 9.17) is 5.11 Å². The summed E-state index contributed by atoms with van der Waals surface area (Å²) in [6.07, 6.45) is 1.43. The summed E-state index contributed by atoms with van der Waals surface area (Å²) in [7, 11) is -1.82. The zero-order valence-electron chi connectivity index (χ0n) is 12.0. The molecule has 0 amide bonds. The molecule has 0 aliphatic rings. The molecule has 1 rings (SSSR count). The second kappa shape index (κ2) is 6.49. The molecule has 0 aliphatic heterocycles. The number of hydrogen-bond donors (Lipinski definition) is 2. The second-order valence-corrected chi connectivity index (χ2v) is 6.47. The predicted molar refractivity (Wildman–Crippen MR) is 73.4 cm³/mol. The average Bonchev–Trinajstić information content (AvgIpc) is 2.59. The molecule has 0 saturated heterocycles. The molecule has 0 fully saturated rings. The van der Waals surface area contributed by atoms with Crippen LogP contribution < -0.4 is 4.72 Å².